The summed E-state index contributed by atoms with van der Waals surface area (Å²) in [4.78, 5) is 27.9. The van der Waals surface area contributed by atoms with Crippen molar-refractivity contribution in [3.05, 3.63) is 42.1 Å². The van der Waals surface area contributed by atoms with Crippen LogP contribution in [0.4, 0.5) is 16.2 Å². The van der Waals surface area contributed by atoms with Crippen LogP contribution in [0.15, 0.2) is 36.4 Å². The highest BCUT2D eigenvalue weighted by molar-refractivity contribution is 6.06. The van der Waals surface area contributed by atoms with E-state index in [0.29, 0.717) is 30.5 Å². The summed E-state index contributed by atoms with van der Waals surface area (Å²) >= 11 is 0. The van der Waals surface area contributed by atoms with Crippen LogP contribution < -0.4 is 20.3 Å². The van der Waals surface area contributed by atoms with E-state index in [1.165, 1.54) is 0 Å². The summed E-state index contributed by atoms with van der Waals surface area (Å²) in [6.45, 7) is 3.67. The molecule has 2 heterocycles. The van der Waals surface area contributed by atoms with Gasteiger partial charge in [-0.25, -0.2) is 4.79 Å². The zero-order valence-electron chi connectivity index (χ0n) is 18.6. The number of carbonyl (C=O) groups is 2. The number of nitrogens with zero attached hydrogens (tertiary/aromatic N) is 4. The standard InChI is InChI=1S/C24H25N5O4/c1-3-28(15-5-6-15)22-17-8-4-14(12-19(17)26-27-21(22)23(25)30)18-13-16(7-9-20(18)32-2)29-10-11-33-24(29)31/h4,7-9,12-13,15H,3,5-6,10-11H2,1-2H3,(H2,25,30). The second-order valence-electron chi connectivity index (χ2n) is 8.16. The van der Waals surface area contributed by atoms with Crippen LogP contribution in [0.1, 0.15) is 30.3 Å². The average molecular weight is 447 g/mol. The van der Waals surface area contributed by atoms with Gasteiger partial charge in [-0.15, -0.1) is 10.2 Å². The number of aromatic nitrogens is 2. The number of amides is 2. The molecule has 1 saturated heterocycles. The summed E-state index contributed by atoms with van der Waals surface area (Å²) in [7, 11) is 1.61. The van der Waals surface area contributed by atoms with Gasteiger partial charge in [0, 0.05) is 29.2 Å². The van der Waals surface area contributed by atoms with Gasteiger partial charge in [0.2, 0.25) is 0 Å². The summed E-state index contributed by atoms with van der Waals surface area (Å²) < 4.78 is 10.7. The molecule has 2 fully saturated rings. The van der Waals surface area contributed by atoms with E-state index in [4.69, 9.17) is 15.2 Å². The molecule has 5 rings (SSSR count). The number of benzene rings is 2. The number of cyclic esters (lactones) is 1. The number of primary amides is 1. The SMILES string of the molecule is CCN(c1c(C(N)=O)nnc2cc(-c3cc(N4CCOC4=O)ccc3OC)ccc12)C1CC1. The van der Waals surface area contributed by atoms with Crippen molar-refractivity contribution in [3.63, 3.8) is 0 Å². The van der Waals surface area contributed by atoms with E-state index in [-0.39, 0.29) is 11.8 Å². The number of anilines is 2. The quantitative estimate of drug-likeness (QED) is 0.591. The molecule has 170 valence electrons. The first-order valence-electron chi connectivity index (χ1n) is 11.0. The van der Waals surface area contributed by atoms with Crippen molar-refractivity contribution in [2.75, 3.05) is 36.6 Å². The van der Waals surface area contributed by atoms with E-state index in [1.807, 2.05) is 36.4 Å². The minimum absolute atomic E-state index is 0.191. The molecule has 2 N–H and O–H groups in total. The van der Waals surface area contributed by atoms with Crippen LogP contribution in [0.2, 0.25) is 0 Å². The maximum Gasteiger partial charge on any atom is 0.414 e. The van der Waals surface area contributed by atoms with Crippen LogP contribution in [0.3, 0.4) is 0 Å². The van der Waals surface area contributed by atoms with Gasteiger partial charge in [0.1, 0.15) is 12.4 Å². The fourth-order valence-electron chi connectivity index (χ4n) is 4.42. The maximum absolute atomic E-state index is 12.1. The van der Waals surface area contributed by atoms with Crippen molar-refractivity contribution in [2.24, 2.45) is 5.73 Å². The van der Waals surface area contributed by atoms with E-state index in [0.717, 1.165) is 47.3 Å². The number of carbonyl (C=O) groups excluding carboxylic acids is 2. The average Bonchev–Trinajstić information content (AvgIpc) is 3.58. The van der Waals surface area contributed by atoms with E-state index in [2.05, 4.69) is 22.0 Å². The topological polar surface area (TPSA) is 111 Å². The number of ether oxygens (including phenoxy) is 2. The lowest BCUT2D eigenvalue weighted by Crippen LogP contribution is -2.29. The van der Waals surface area contributed by atoms with Crippen LogP contribution in [0.5, 0.6) is 5.75 Å². The van der Waals surface area contributed by atoms with E-state index in [9.17, 15) is 9.59 Å². The molecule has 9 nitrogen and oxygen atoms in total. The summed E-state index contributed by atoms with van der Waals surface area (Å²) in [6, 6.07) is 11.8. The molecule has 9 heteroatoms. The number of nitrogens with two attached hydrogens (primary N) is 1. The summed E-state index contributed by atoms with van der Waals surface area (Å²) in [5.74, 6) is 0.0789. The summed E-state index contributed by atoms with van der Waals surface area (Å²) in [6.07, 6.45) is 1.80. The van der Waals surface area contributed by atoms with Crippen molar-refractivity contribution < 1.29 is 19.1 Å². The molecule has 0 unspecified atom stereocenters. The fourth-order valence-corrected chi connectivity index (χ4v) is 4.42. The number of methoxy groups -OCH3 is 1. The number of fused-ring (bicyclic) bond motifs is 1. The molecule has 2 aliphatic rings. The Morgan fingerprint density at radius 1 is 1.24 bits per heavy atom. The Labute approximate surface area is 191 Å². The molecule has 33 heavy (non-hydrogen) atoms. The molecular formula is C24H25N5O4. The fraction of sp³-hybridized carbons (Fsp3) is 0.333. The first kappa shape index (κ1) is 21.0. The Morgan fingerprint density at radius 3 is 2.70 bits per heavy atom. The summed E-state index contributed by atoms with van der Waals surface area (Å²) in [5.41, 5.74) is 9.62. The first-order valence-corrected chi connectivity index (χ1v) is 11.0. The van der Waals surface area contributed by atoms with E-state index in [1.54, 1.807) is 12.0 Å². The molecule has 0 bridgehead atoms. The van der Waals surface area contributed by atoms with Gasteiger partial charge >= 0.3 is 6.09 Å². The second-order valence-corrected chi connectivity index (χ2v) is 8.16. The van der Waals surface area contributed by atoms with Crippen molar-refractivity contribution in [1.82, 2.24) is 10.2 Å². The molecule has 1 aliphatic heterocycles. The van der Waals surface area contributed by atoms with Crippen LogP contribution >= 0.6 is 0 Å². The van der Waals surface area contributed by atoms with Crippen LogP contribution in [-0.4, -0.2) is 55.0 Å². The molecule has 2 aromatic carbocycles. The first-order chi connectivity index (χ1) is 16.0. The number of hydrogen-bond acceptors (Lipinski definition) is 7. The van der Waals surface area contributed by atoms with Gasteiger partial charge in [0.15, 0.2) is 5.69 Å². The molecule has 0 atom stereocenters. The predicted octanol–water partition coefficient (Wildman–Crippen LogP) is 3.35. The highest BCUT2D eigenvalue weighted by atomic mass is 16.6. The summed E-state index contributed by atoms with van der Waals surface area (Å²) in [5, 5.41) is 9.32. The monoisotopic (exact) mass is 447 g/mol. The molecule has 1 aliphatic carbocycles. The van der Waals surface area contributed by atoms with Crippen LogP contribution in [0, 0.1) is 0 Å². The molecule has 3 aromatic rings. The molecule has 0 radical (unpaired) electrons. The number of rotatable bonds is 7. The third-order valence-electron chi connectivity index (χ3n) is 6.15. The minimum atomic E-state index is -0.588. The Balaban J connectivity index is 1.64. The van der Waals surface area contributed by atoms with Gasteiger partial charge in [-0.1, -0.05) is 6.07 Å². The van der Waals surface area contributed by atoms with Gasteiger partial charge in [-0.2, -0.15) is 0 Å². The second kappa shape index (κ2) is 8.23. The van der Waals surface area contributed by atoms with Gasteiger partial charge in [0.05, 0.1) is 24.9 Å². The molecular weight excluding hydrogens is 422 g/mol. The molecule has 1 saturated carbocycles. The predicted molar refractivity (Wildman–Crippen MR) is 125 cm³/mol. The van der Waals surface area contributed by atoms with Crippen molar-refractivity contribution in [3.8, 4) is 16.9 Å². The van der Waals surface area contributed by atoms with Gasteiger partial charge in [0.25, 0.3) is 5.91 Å². The van der Waals surface area contributed by atoms with Crippen molar-refractivity contribution >= 4 is 34.3 Å². The highest BCUT2D eigenvalue weighted by Gasteiger charge is 2.32. The van der Waals surface area contributed by atoms with Gasteiger partial charge < -0.3 is 20.1 Å². The normalized spacial score (nSPS) is 15.6. The van der Waals surface area contributed by atoms with Gasteiger partial charge in [-0.3, -0.25) is 9.69 Å². The Morgan fingerprint density at radius 2 is 2.06 bits per heavy atom. The number of hydrogen-bond donors (Lipinski definition) is 1. The Hall–Kier alpha value is -3.88. The van der Waals surface area contributed by atoms with E-state index < -0.39 is 5.91 Å². The lowest BCUT2D eigenvalue weighted by molar-refractivity contribution is 0.0995. The van der Waals surface area contributed by atoms with Crippen molar-refractivity contribution in [1.29, 1.82) is 0 Å². The highest BCUT2D eigenvalue weighted by Crippen LogP contribution is 2.40. The molecule has 2 amide bonds. The maximum atomic E-state index is 12.1. The smallest absolute Gasteiger partial charge is 0.414 e. The third-order valence-corrected chi connectivity index (χ3v) is 6.15. The van der Waals surface area contributed by atoms with Crippen LogP contribution in [0.25, 0.3) is 22.0 Å². The van der Waals surface area contributed by atoms with E-state index >= 15 is 0 Å². The zero-order valence-corrected chi connectivity index (χ0v) is 18.6. The lowest BCUT2D eigenvalue weighted by atomic mass is 10.0. The third kappa shape index (κ3) is 3.69. The molecule has 0 spiro atoms. The molecule has 1 aromatic heterocycles. The lowest BCUT2D eigenvalue weighted by Gasteiger charge is -2.25. The Kier molecular flexibility index (Phi) is 5.24. The Bertz CT molecular complexity index is 1260. The minimum Gasteiger partial charge on any atom is -0.496 e. The van der Waals surface area contributed by atoms with Gasteiger partial charge in [-0.05, 0) is 55.7 Å². The zero-order chi connectivity index (χ0) is 23.1. The van der Waals surface area contributed by atoms with Crippen molar-refractivity contribution in [2.45, 2.75) is 25.8 Å². The van der Waals surface area contributed by atoms with Crippen LogP contribution in [-0.2, 0) is 4.74 Å². The largest absolute Gasteiger partial charge is 0.496 e.